The SMILES string of the molecule is CN1C[C@H](c2cc(C(F)F)cs2)[C@@H](C(=O)Nc2ccccc2S(C)(=O)=O)C1=O. The van der Waals surface area contributed by atoms with Crippen LogP contribution >= 0.6 is 11.3 Å². The molecule has 0 radical (unpaired) electrons. The Bertz CT molecular complexity index is 1020. The highest BCUT2D eigenvalue weighted by Gasteiger charge is 2.45. The zero-order chi connectivity index (χ0) is 20.6. The maximum atomic E-state index is 12.9. The van der Waals surface area contributed by atoms with Gasteiger partial charge in [0, 0.05) is 36.2 Å². The van der Waals surface area contributed by atoms with Gasteiger partial charge in [0.25, 0.3) is 6.43 Å². The third kappa shape index (κ3) is 3.93. The second kappa shape index (κ2) is 7.59. The molecule has 1 aromatic carbocycles. The minimum atomic E-state index is -3.59. The molecule has 0 unspecified atom stereocenters. The smallest absolute Gasteiger partial charge is 0.264 e. The Labute approximate surface area is 165 Å². The van der Waals surface area contributed by atoms with E-state index in [2.05, 4.69) is 5.32 Å². The third-order valence-corrected chi connectivity index (χ3v) is 6.84. The summed E-state index contributed by atoms with van der Waals surface area (Å²) in [5.41, 5.74) is -0.0702. The van der Waals surface area contributed by atoms with Gasteiger partial charge in [0.15, 0.2) is 9.84 Å². The first-order valence-electron chi connectivity index (χ1n) is 8.31. The first-order valence-corrected chi connectivity index (χ1v) is 11.1. The van der Waals surface area contributed by atoms with Gasteiger partial charge in [-0.15, -0.1) is 11.3 Å². The lowest BCUT2D eigenvalue weighted by Crippen LogP contribution is -2.33. The molecule has 1 aliphatic rings. The first kappa shape index (κ1) is 20.4. The molecule has 1 fully saturated rings. The summed E-state index contributed by atoms with van der Waals surface area (Å²) in [5, 5.41) is 3.85. The first-order chi connectivity index (χ1) is 13.1. The van der Waals surface area contributed by atoms with Crippen molar-refractivity contribution in [3.8, 4) is 0 Å². The highest BCUT2D eigenvalue weighted by atomic mass is 32.2. The number of nitrogens with one attached hydrogen (secondary N) is 1. The van der Waals surface area contributed by atoms with Crippen LogP contribution in [0.25, 0.3) is 0 Å². The molecule has 28 heavy (non-hydrogen) atoms. The summed E-state index contributed by atoms with van der Waals surface area (Å²) in [4.78, 5) is 27.3. The monoisotopic (exact) mass is 428 g/mol. The maximum absolute atomic E-state index is 12.9. The molecule has 6 nitrogen and oxygen atoms in total. The minimum absolute atomic E-state index is 0.0604. The van der Waals surface area contributed by atoms with E-state index in [1.807, 2.05) is 0 Å². The lowest BCUT2D eigenvalue weighted by atomic mass is 9.92. The van der Waals surface area contributed by atoms with Gasteiger partial charge in [-0.25, -0.2) is 17.2 Å². The van der Waals surface area contributed by atoms with Crippen LogP contribution in [0, 0.1) is 5.92 Å². The van der Waals surface area contributed by atoms with Crippen LogP contribution in [0.1, 0.15) is 22.8 Å². The van der Waals surface area contributed by atoms with E-state index in [1.165, 1.54) is 41.6 Å². The van der Waals surface area contributed by atoms with Crippen molar-refractivity contribution in [3.63, 3.8) is 0 Å². The van der Waals surface area contributed by atoms with Crippen molar-refractivity contribution in [1.29, 1.82) is 0 Å². The summed E-state index contributed by atoms with van der Waals surface area (Å²) < 4.78 is 49.7. The molecule has 3 rings (SSSR count). The van der Waals surface area contributed by atoms with Crippen LogP contribution in [-0.2, 0) is 19.4 Å². The molecule has 0 bridgehead atoms. The fraction of sp³-hybridized carbons (Fsp3) is 0.333. The topological polar surface area (TPSA) is 83.6 Å². The zero-order valence-electron chi connectivity index (χ0n) is 15.1. The number of anilines is 1. The number of sulfone groups is 1. The van der Waals surface area contributed by atoms with Crippen molar-refractivity contribution in [2.75, 3.05) is 25.2 Å². The summed E-state index contributed by atoms with van der Waals surface area (Å²) in [5.74, 6) is -2.81. The lowest BCUT2D eigenvalue weighted by molar-refractivity contribution is -0.135. The van der Waals surface area contributed by atoms with Crippen LogP contribution < -0.4 is 5.32 Å². The van der Waals surface area contributed by atoms with Crippen molar-refractivity contribution in [2.45, 2.75) is 17.2 Å². The number of hydrogen-bond acceptors (Lipinski definition) is 5. The summed E-state index contributed by atoms with van der Waals surface area (Å²) in [7, 11) is -2.05. The molecule has 0 spiro atoms. The molecule has 0 saturated carbocycles. The number of likely N-dealkylation sites (N-methyl/N-ethyl adjacent to an activating group) is 1. The number of likely N-dealkylation sites (tertiary alicyclic amines) is 1. The van der Waals surface area contributed by atoms with Crippen molar-refractivity contribution >= 4 is 38.7 Å². The number of carbonyl (C=O) groups excluding carboxylic acids is 2. The summed E-state index contributed by atoms with van der Waals surface area (Å²) in [6, 6.07) is 7.21. The van der Waals surface area contributed by atoms with Crippen LogP contribution in [-0.4, -0.2) is 45.0 Å². The fourth-order valence-corrected chi connectivity index (χ4v) is 5.11. The Morgan fingerprint density at radius 2 is 2.00 bits per heavy atom. The molecular weight excluding hydrogens is 410 g/mol. The second-order valence-electron chi connectivity index (χ2n) is 6.64. The van der Waals surface area contributed by atoms with E-state index >= 15 is 0 Å². The fourth-order valence-electron chi connectivity index (χ4n) is 3.23. The van der Waals surface area contributed by atoms with Gasteiger partial charge in [-0.05, 0) is 23.6 Å². The highest BCUT2D eigenvalue weighted by Crippen LogP contribution is 2.39. The van der Waals surface area contributed by atoms with Gasteiger partial charge in [0.1, 0.15) is 5.92 Å². The number of carbonyl (C=O) groups is 2. The van der Waals surface area contributed by atoms with Gasteiger partial charge in [0.05, 0.1) is 10.6 Å². The van der Waals surface area contributed by atoms with Gasteiger partial charge in [-0.1, -0.05) is 12.1 Å². The van der Waals surface area contributed by atoms with E-state index in [0.717, 1.165) is 17.6 Å². The largest absolute Gasteiger partial charge is 0.344 e. The van der Waals surface area contributed by atoms with Gasteiger partial charge < -0.3 is 10.2 Å². The minimum Gasteiger partial charge on any atom is -0.344 e. The van der Waals surface area contributed by atoms with Crippen LogP contribution in [0.3, 0.4) is 0 Å². The second-order valence-corrected chi connectivity index (χ2v) is 9.57. The molecule has 2 atom stereocenters. The van der Waals surface area contributed by atoms with E-state index in [9.17, 15) is 26.8 Å². The molecule has 1 N–H and O–H groups in total. The number of halogens is 2. The molecule has 150 valence electrons. The predicted octanol–water partition coefficient (Wildman–Crippen LogP) is 2.90. The van der Waals surface area contributed by atoms with Crippen molar-refractivity contribution in [1.82, 2.24) is 4.90 Å². The van der Waals surface area contributed by atoms with E-state index in [0.29, 0.717) is 4.88 Å². The number of benzene rings is 1. The third-order valence-electron chi connectivity index (χ3n) is 4.60. The molecular formula is C18H18F2N2O4S2. The Morgan fingerprint density at radius 3 is 2.61 bits per heavy atom. The van der Waals surface area contributed by atoms with Crippen molar-refractivity contribution in [3.05, 3.63) is 46.2 Å². The quantitative estimate of drug-likeness (QED) is 0.743. The maximum Gasteiger partial charge on any atom is 0.264 e. The molecule has 1 aliphatic heterocycles. The highest BCUT2D eigenvalue weighted by molar-refractivity contribution is 7.90. The van der Waals surface area contributed by atoms with E-state index < -0.39 is 39.9 Å². The van der Waals surface area contributed by atoms with Crippen molar-refractivity contribution < 1.29 is 26.8 Å². The zero-order valence-corrected chi connectivity index (χ0v) is 16.7. The number of alkyl halides is 2. The average molecular weight is 428 g/mol. The molecule has 2 amide bonds. The molecule has 10 heteroatoms. The summed E-state index contributed by atoms with van der Waals surface area (Å²) in [6.45, 7) is 0.216. The molecule has 1 aromatic heterocycles. The Hall–Kier alpha value is -2.33. The number of hydrogen-bond donors (Lipinski definition) is 1. The number of amides is 2. The van der Waals surface area contributed by atoms with Gasteiger partial charge in [-0.3, -0.25) is 9.59 Å². The van der Waals surface area contributed by atoms with Gasteiger partial charge >= 0.3 is 0 Å². The van der Waals surface area contributed by atoms with E-state index in [4.69, 9.17) is 0 Å². The summed E-state index contributed by atoms with van der Waals surface area (Å²) in [6.07, 6.45) is -1.61. The average Bonchev–Trinajstić information content (AvgIpc) is 3.20. The van der Waals surface area contributed by atoms with E-state index in [-0.39, 0.29) is 22.7 Å². The lowest BCUT2D eigenvalue weighted by Gasteiger charge is -2.16. The Morgan fingerprint density at radius 1 is 1.32 bits per heavy atom. The predicted molar refractivity (Wildman–Crippen MR) is 101 cm³/mol. The van der Waals surface area contributed by atoms with Gasteiger partial charge in [0.2, 0.25) is 11.8 Å². The molecule has 0 aliphatic carbocycles. The van der Waals surface area contributed by atoms with Crippen LogP contribution in [0.5, 0.6) is 0 Å². The van der Waals surface area contributed by atoms with Crippen LogP contribution in [0.15, 0.2) is 40.6 Å². The standard InChI is InChI=1S/C18H18F2N2O4S2/c1-22-8-11(13-7-10(9-27-13)16(19)20)15(18(22)24)17(23)21-12-5-3-4-6-14(12)28(2,25)26/h3-7,9,11,15-16H,8H2,1-2H3,(H,21,23)/t11-,15+/m1/s1. The number of nitrogens with zero attached hydrogens (tertiary/aromatic N) is 1. The number of rotatable bonds is 5. The normalized spacial score (nSPS) is 20.0. The number of para-hydroxylation sites is 1. The molecule has 2 heterocycles. The molecule has 1 saturated heterocycles. The van der Waals surface area contributed by atoms with Gasteiger partial charge in [-0.2, -0.15) is 0 Å². The summed E-state index contributed by atoms with van der Waals surface area (Å²) >= 11 is 1.08. The van der Waals surface area contributed by atoms with E-state index in [1.54, 1.807) is 6.07 Å². The Kier molecular flexibility index (Phi) is 5.53. The van der Waals surface area contributed by atoms with Crippen LogP contribution in [0.4, 0.5) is 14.5 Å². The number of thiophene rings is 1. The molecule has 2 aromatic rings. The Balaban J connectivity index is 1.91. The van der Waals surface area contributed by atoms with Crippen molar-refractivity contribution in [2.24, 2.45) is 5.92 Å². The van der Waals surface area contributed by atoms with Crippen LogP contribution in [0.2, 0.25) is 0 Å².